The fourth-order valence-corrected chi connectivity index (χ4v) is 4.48. The number of rotatable bonds is 4. The molecule has 0 amide bonds. The summed E-state index contributed by atoms with van der Waals surface area (Å²) in [6, 6.07) is 12.9. The SMILES string of the molecule is Cc1ccc(Cc2cc([C@@H]3O[C@H](S(C)(=O)=O)[C@@H](O)[C@H](O)[C@H]3O)ccc2Cl)cc1. The lowest BCUT2D eigenvalue weighted by atomic mass is 9.92. The lowest BCUT2D eigenvalue weighted by molar-refractivity contribution is -0.202. The molecule has 0 aromatic heterocycles. The van der Waals surface area contributed by atoms with Gasteiger partial charge in [0.15, 0.2) is 15.3 Å². The zero-order chi connectivity index (χ0) is 20.6. The van der Waals surface area contributed by atoms with E-state index in [0.717, 1.165) is 22.9 Å². The maximum Gasteiger partial charge on any atom is 0.187 e. The number of benzene rings is 2. The standard InChI is InChI=1S/C20H23ClO6S/c1-11-3-5-12(6-4-11)9-14-10-13(7-8-15(14)21)19-17(23)16(22)18(24)20(27-19)28(2,25)26/h3-8,10,16-20,22-24H,9H2,1-2H3/t16-,17-,18+,19+,20-/m1/s1. The number of sulfone groups is 1. The van der Waals surface area contributed by atoms with Crippen molar-refractivity contribution in [3.05, 3.63) is 69.7 Å². The highest BCUT2D eigenvalue weighted by Crippen LogP contribution is 2.35. The first-order valence-corrected chi connectivity index (χ1v) is 11.1. The number of ether oxygens (including phenoxy) is 1. The summed E-state index contributed by atoms with van der Waals surface area (Å²) in [4.78, 5) is 0. The number of aryl methyl sites for hydroxylation is 1. The Morgan fingerprint density at radius 3 is 2.25 bits per heavy atom. The van der Waals surface area contributed by atoms with Gasteiger partial charge in [0.2, 0.25) is 0 Å². The molecule has 0 saturated carbocycles. The van der Waals surface area contributed by atoms with E-state index in [2.05, 4.69) is 0 Å². The molecule has 1 heterocycles. The Balaban J connectivity index is 1.93. The van der Waals surface area contributed by atoms with Crippen molar-refractivity contribution in [3.8, 4) is 0 Å². The van der Waals surface area contributed by atoms with Gasteiger partial charge < -0.3 is 20.1 Å². The molecule has 3 rings (SSSR count). The summed E-state index contributed by atoms with van der Waals surface area (Å²) in [6.07, 6.45) is -4.55. The molecule has 1 fully saturated rings. The van der Waals surface area contributed by atoms with Crippen LogP contribution < -0.4 is 0 Å². The van der Waals surface area contributed by atoms with E-state index in [4.69, 9.17) is 16.3 Å². The topological polar surface area (TPSA) is 104 Å². The summed E-state index contributed by atoms with van der Waals surface area (Å²) >= 11 is 6.32. The Kier molecular flexibility index (Phi) is 6.14. The van der Waals surface area contributed by atoms with Gasteiger partial charge in [0.25, 0.3) is 0 Å². The molecule has 0 unspecified atom stereocenters. The minimum Gasteiger partial charge on any atom is -0.387 e. The van der Waals surface area contributed by atoms with Crippen molar-refractivity contribution in [1.29, 1.82) is 0 Å². The second-order valence-electron chi connectivity index (χ2n) is 7.24. The van der Waals surface area contributed by atoms with E-state index in [1.54, 1.807) is 18.2 Å². The maximum absolute atomic E-state index is 11.9. The van der Waals surface area contributed by atoms with Gasteiger partial charge in [-0.3, -0.25) is 0 Å². The summed E-state index contributed by atoms with van der Waals surface area (Å²) in [5.41, 5.74) is 1.79. The van der Waals surface area contributed by atoms with Gasteiger partial charge in [0.05, 0.1) is 0 Å². The van der Waals surface area contributed by atoms with Crippen molar-refractivity contribution < 1.29 is 28.5 Å². The van der Waals surface area contributed by atoms with Gasteiger partial charge >= 0.3 is 0 Å². The van der Waals surface area contributed by atoms with Crippen LogP contribution in [0.5, 0.6) is 0 Å². The van der Waals surface area contributed by atoms with E-state index in [1.165, 1.54) is 0 Å². The Morgan fingerprint density at radius 1 is 1.00 bits per heavy atom. The minimum absolute atomic E-state index is 0.471. The predicted molar refractivity (Wildman–Crippen MR) is 106 cm³/mol. The van der Waals surface area contributed by atoms with Crippen LogP contribution in [-0.2, 0) is 21.0 Å². The summed E-state index contributed by atoms with van der Waals surface area (Å²) < 4.78 is 29.3. The molecule has 2 aromatic carbocycles. The molecule has 2 aromatic rings. The van der Waals surface area contributed by atoms with Crippen molar-refractivity contribution >= 4 is 21.4 Å². The van der Waals surface area contributed by atoms with Gasteiger partial charge in [-0.1, -0.05) is 53.6 Å². The van der Waals surface area contributed by atoms with Gasteiger partial charge in [0, 0.05) is 11.3 Å². The van der Waals surface area contributed by atoms with E-state index >= 15 is 0 Å². The van der Waals surface area contributed by atoms with E-state index in [-0.39, 0.29) is 0 Å². The number of aliphatic hydroxyl groups is 3. The highest BCUT2D eigenvalue weighted by atomic mass is 35.5. The highest BCUT2D eigenvalue weighted by Gasteiger charge is 2.48. The lowest BCUT2D eigenvalue weighted by Gasteiger charge is -2.40. The third kappa shape index (κ3) is 4.40. The Morgan fingerprint density at radius 2 is 1.64 bits per heavy atom. The van der Waals surface area contributed by atoms with Gasteiger partial charge in [0.1, 0.15) is 24.4 Å². The van der Waals surface area contributed by atoms with Crippen LogP contribution in [0.4, 0.5) is 0 Å². The number of halogens is 1. The van der Waals surface area contributed by atoms with Crippen LogP contribution in [0.3, 0.4) is 0 Å². The Hall–Kier alpha value is -1.48. The van der Waals surface area contributed by atoms with Gasteiger partial charge in [-0.2, -0.15) is 0 Å². The average molecular weight is 427 g/mol. The van der Waals surface area contributed by atoms with Gasteiger partial charge in [-0.25, -0.2) is 8.42 Å². The molecule has 28 heavy (non-hydrogen) atoms. The van der Waals surface area contributed by atoms with Crippen molar-refractivity contribution in [2.75, 3.05) is 6.26 Å². The van der Waals surface area contributed by atoms with Crippen LogP contribution in [0.25, 0.3) is 0 Å². The van der Waals surface area contributed by atoms with Crippen LogP contribution in [0, 0.1) is 6.92 Å². The number of hydrogen-bond donors (Lipinski definition) is 3. The van der Waals surface area contributed by atoms with E-state index in [1.807, 2.05) is 31.2 Å². The summed E-state index contributed by atoms with van der Waals surface area (Å²) in [5, 5.41) is 31.0. The smallest absolute Gasteiger partial charge is 0.187 e. The summed E-state index contributed by atoms with van der Waals surface area (Å²) in [7, 11) is -3.81. The quantitative estimate of drug-likeness (QED) is 0.688. The molecule has 8 heteroatoms. The summed E-state index contributed by atoms with van der Waals surface area (Å²) in [5.74, 6) is 0. The van der Waals surface area contributed by atoms with E-state index < -0.39 is 39.7 Å². The molecule has 0 radical (unpaired) electrons. The molecular formula is C20H23ClO6S. The molecule has 1 aliphatic heterocycles. The number of aliphatic hydroxyl groups excluding tert-OH is 3. The lowest BCUT2D eigenvalue weighted by Crippen LogP contribution is -2.56. The number of hydrogen-bond acceptors (Lipinski definition) is 6. The third-order valence-corrected chi connectivity index (χ3v) is 6.51. The average Bonchev–Trinajstić information content (AvgIpc) is 2.63. The highest BCUT2D eigenvalue weighted by molar-refractivity contribution is 7.91. The molecule has 152 valence electrons. The normalized spacial score (nSPS) is 28.3. The van der Waals surface area contributed by atoms with Crippen LogP contribution in [0.1, 0.15) is 28.4 Å². The molecular weight excluding hydrogens is 404 g/mol. The van der Waals surface area contributed by atoms with Gasteiger partial charge in [-0.05, 0) is 36.1 Å². The molecule has 1 aliphatic rings. The Bertz CT molecular complexity index is 944. The first-order chi connectivity index (χ1) is 13.1. The molecule has 6 nitrogen and oxygen atoms in total. The van der Waals surface area contributed by atoms with E-state index in [9.17, 15) is 23.7 Å². The van der Waals surface area contributed by atoms with E-state index in [0.29, 0.717) is 17.0 Å². The Labute approximate surface area is 169 Å². The van der Waals surface area contributed by atoms with Crippen molar-refractivity contribution in [3.63, 3.8) is 0 Å². The van der Waals surface area contributed by atoms with Crippen LogP contribution in [0.15, 0.2) is 42.5 Å². The maximum atomic E-state index is 11.9. The van der Waals surface area contributed by atoms with Crippen molar-refractivity contribution in [1.82, 2.24) is 0 Å². The second-order valence-corrected chi connectivity index (χ2v) is 9.77. The fourth-order valence-electron chi connectivity index (χ4n) is 3.31. The van der Waals surface area contributed by atoms with Crippen LogP contribution in [0.2, 0.25) is 5.02 Å². The van der Waals surface area contributed by atoms with Crippen molar-refractivity contribution in [2.24, 2.45) is 0 Å². The molecule has 0 bridgehead atoms. The second kappa shape index (κ2) is 8.10. The molecule has 3 N–H and O–H groups in total. The zero-order valence-electron chi connectivity index (χ0n) is 15.5. The fraction of sp³-hybridized carbons (Fsp3) is 0.400. The molecule has 5 atom stereocenters. The monoisotopic (exact) mass is 426 g/mol. The van der Waals surface area contributed by atoms with Crippen LogP contribution >= 0.6 is 11.6 Å². The third-order valence-electron chi connectivity index (χ3n) is 4.91. The molecule has 0 aliphatic carbocycles. The minimum atomic E-state index is -3.81. The van der Waals surface area contributed by atoms with Crippen molar-refractivity contribution in [2.45, 2.75) is 43.2 Å². The molecule has 1 saturated heterocycles. The first kappa shape index (κ1) is 21.2. The first-order valence-electron chi connectivity index (χ1n) is 8.80. The van der Waals surface area contributed by atoms with Gasteiger partial charge in [-0.15, -0.1) is 0 Å². The molecule has 0 spiro atoms. The summed E-state index contributed by atoms with van der Waals surface area (Å²) in [6.45, 7) is 2.00. The largest absolute Gasteiger partial charge is 0.387 e. The van der Waals surface area contributed by atoms with Crippen LogP contribution in [-0.4, -0.2) is 53.7 Å². The predicted octanol–water partition coefficient (Wildman–Crippen LogP) is 1.76. The zero-order valence-corrected chi connectivity index (χ0v) is 17.1.